The van der Waals surface area contributed by atoms with E-state index in [4.69, 9.17) is 4.74 Å². The molecule has 27 heavy (non-hydrogen) atoms. The molecule has 0 bridgehead atoms. The first kappa shape index (κ1) is 26.9. The maximum atomic E-state index is 9.27. The van der Waals surface area contributed by atoms with Crippen molar-refractivity contribution in [3.63, 3.8) is 0 Å². The van der Waals surface area contributed by atoms with Crippen LogP contribution in [0.1, 0.15) is 117 Å². The van der Waals surface area contributed by atoms with Crippen LogP contribution >= 0.6 is 0 Å². The van der Waals surface area contributed by atoms with Gasteiger partial charge in [-0.2, -0.15) is 0 Å². The first-order chi connectivity index (χ1) is 13.2. The van der Waals surface area contributed by atoms with Gasteiger partial charge in [0.1, 0.15) is 0 Å². The van der Waals surface area contributed by atoms with Gasteiger partial charge in [0.2, 0.25) is 0 Å². The van der Waals surface area contributed by atoms with Crippen molar-refractivity contribution in [2.45, 2.75) is 123 Å². The van der Waals surface area contributed by atoms with Crippen LogP contribution in [0.2, 0.25) is 0 Å². The Kier molecular flexibility index (Phi) is 22.1. The van der Waals surface area contributed by atoms with Crippen LogP contribution in [0, 0.1) is 0 Å². The van der Waals surface area contributed by atoms with Crippen molar-refractivity contribution in [3.8, 4) is 0 Å². The van der Waals surface area contributed by atoms with E-state index in [2.05, 4.69) is 18.9 Å². The first-order valence-electron chi connectivity index (χ1n) is 12.2. The normalized spacial score (nSPS) is 12.8. The Morgan fingerprint density at radius 3 is 1.44 bits per heavy atom. The maximum absolute atomic E-state index is 9.27. The quantitative estimate of drug-likeness (QED) is 0.214. The summed E-state index contributed by atoms with van der Waals surface area (Å²) in [6, 6.07) is 0. The summed E-state index contributed by atoms with van der Waals surface area (Å²) in [7, 11) is 2.13. The minimum atomic E-state index is -0.0268. The molecule has 0 fully saturated rings. The summed E-state index contributed by atoms with van der Waals surface area (Å²) in [6.45, 7) is 7.02. The molecule has 164 valence electrons. The van der Waals surface area contributed by atoms with Gasteiger partial charge in [-0.15, -0.1) is 0 Å². The lowest BCUT2D eigenvalue weighted by Gasteiger charge is -2.22. The SMILES string of the molecule is CCCCCCCCCCCCCCCCCCN(C)CC(CO)OCC. The van der Waals surface area contributed by atoms with Crippen LogP contribution in [-0.2, 0) is 4.74 Å². The second-order valence-electron chi connectivity index (χ2n) is 8.33. The van der Waals surface area contributed by atoms with Crippen molar-refractivity contribution in [2.75, 3.05) is 33.4 Å². The van der Waals surface area contributed by atoms with E-state index in [9.17, 15) is 5.11 Å². The molecule has 0 aliphatic rings. The second kappa shape index (κ2) is 22.2. The lowest BCUT2D eigenvalue weighted by molar-refractivity contribution is 0.00186. The largest absolute Gasteiger partial charge is 0.394 e. The maximum Gasteiger partial charge on any atom is 0.0931 e. The first-order valence-corrected chi connectivity index (χ1v) is 12.2. The van der Waals surface area contributed by atoms with Crippen molar-refractivity contribution in [1.29, 1.82) is 0 Å². The fourth-order valence-electron chi connectivity index (χ4n) is 3.77. The molecule has 3 heteroatoms. The molecule has 1 unspecified atom stereocenters. The van der Waals surface area contributed by atoms with Crippen molar-refractivity contribution in [3.05, 3.63) is 0 Å². The van der Waals surface area contributed by atoms with Crippen molar-refractivity contribution < 1.29 is 9.84 Å². The summed E-state index contributed by atoms with van der Waals surface area (Å²) < 4.78 is 5.50. The van der Waals surface area contributed by atoms with Gasteiger partial charge in [-0.25, -0.2) is 0 Å². The van der Waals surface area contributed by atoms with Crippen LogP contribution in [-0.4, -0.2) is 49.5 Å². The standard InChI is InChI=1S/C24H51NO2/c1-4-6-7-8-9-10-11-12-13-14-15-16-17-18-19-20-21-25(3)22-24(23-26)27-5-2/h24,26H,4-23H2,1-3H3. The van der Waals surface area contributed by atoms with E-state index < -0.39 is 0 Å². The summed E-state index contributed by atoms with van der Waals surface area (Å²) >= 11 is 0. The Balaban J connectivity index is 3.20. The smallest absolute Gasteiger partial charge is 0.0931 e. The Morgan fingerprint density at radius 1 is 0.667 bits per heavy atom. The molecular weight excluding hydrogens is 334 g/mol. The molecule has 1 atom stereocenters. The number of ether oxygens (including phenoxy) is 1. The molecule has 0 rings (SSSR count). The van der Waals surface area contributed by atoms with Gasteiger partial charge >= 0.3 is 0 Å². The zero-order chi connectivity index (χ0) is 20.0. The van der Waals surface area contributed by atoms with Gasteiger partial charge in [0, 0.05) is 13.2 Å². The zero-order valence-corrected chi connectivity index (χ0v) is 19.0. The van der Waals surface area contributed by atoms with E-state index in [1.165, 1.54) is 103 Å². The van der Waals surface area contributed by atoms with E-state index in [1.807, 2.05) is 6.92 Å². The number of likely N-dealkylation sites (N-methyl/N-ethyl adjacent to an activating group) is 1. The van der Waals surface area contributed by atoms with Gasteiger partial charge in [0.15, 0.2) is 0 Å². The number of aliphatic hydroxyl groups is 1. The Morgan fingerprint density at radius 2 is 1.07 bits per heavy atom. The third-order valence-corrected chi connectivity index (χ3v) is 5.51. The Hall–Kier alpha value is -0.120. The van der Waals surface area contributed by atoms with E-state index in [-0.39, 0.29) is 12.7 Å². The van der Waals surface area contributed by atoms with Crippen LogP contribution in [0.5, 0.6) is 0 Å². The fourth-order valence-corrected chi connectivity index (χ4v) is 3.77. The highest BCUT2D eigenvalue weighted by atomic mass is 16.5. The molecule has 0 aliphatic heterocycles. The summed E-state index contributed by atoms with van der Waals surface area (Å²) in [5.74, 6) is 0. The topological polar surface area (TPSA) is 32.7 Å². The van der Waals surface area contributed by atoms with Gasteiger partial charge in [0.05, 0.1) is 12.7 Å². The molecule has 0 aliphatic carbocycles. The zero-order valence-electron chi connectivity index (χ0n) is 19.0. The highest BCUT2D eigenvalue weighted by Gasteiger charge is 2.09. The molecular formula is C24H51NO2. The number of rotatable bonds is 22. The predicted octanol–water partition coefficient (Wildman–Crippen LogP) is 6.58. The number of hydrogen-bond acceptors (Lipinski definition) is 3. The molecule has 0 radical (unpaired) electrons. The van der Waals surface area contributed by atoms with Gasteiger partial charge < -0.3 is 14.7 Å². The van der Waals surface area contributed by atoms with E-state index in [1.54, 1.807) is 0 Å². The monoisotopic (exact) mass is 385 g/mol. The minimum absolute atomic E-state index is 0.0268. The molecule has 0 heterocycles. The summed E-state index contributed by atoms with van der Waals surface area (Å²) in [5.41, 5.74) is 0. The lowest BCUT2D eigenvalue weighted by Crippen LogP contribution is -2.34. The molecule has 0 amide bonds. The van der Waals surface area contributed by atoms with Gasteiger partial charge in [-0.05, 0) is 26.9 Å². The molecule has 0 spiro atoms. The van der Waals surface area contributed by atoms with Crippen LogP contribution in [0.25, 0.3) is 0 Å². The summed E-state index contributed by atoms with van der Waals surface area (Å²) in [6.07, 6.45) is 22.6. The van der Waals surface area contributed by atoms with E-state index >= 15 is 0 Å². The van der Waals surface area contributed by atoms with Gasteiger partial charge in [-0.1, -0.05) is 103 Å². The molecule has 0 aromatic rings. The summed E-state index contributed by atoms with van der Waals surface area (Å²) in [4.78, 5) is 2.29. The Bertz CT molecular complexity index is 273. The second-order valence-corrected chi connectivity index (χ2v) is 8.33. The van der Waals surface area contributed by atoms with E-state index in [0.29, 0.717) is 6.61 Å². The molecule has 1 N–H and O–H groups in total. The molecule has 3 nitrogen and oxygen atoms in total. The predicted molar refractivity (Wildman–Crippen MR) is 120 cm³/mol. The van der Waals surface area contributed by atoms with Crippen molar-refractivity contribution in [2.24, 2.45) is 0 Å². The number of aliphatic hydroxyl groups excluding tert-OH is 1. The van der Waals surface area contributed by atoms with Crippen molar-refractivity contribution in [1.82, 2.24) is 4.90 Å². The average molecular weight is 386 g/mol. The van der Waals surface area contributed by atoms with Crippen LogP contribution in [0.3, 0.4) is 0 Å². The summed E-state index contributed by atoms with van der Waals surface area (Å²) in [5, 5.41) is 9.27. The number of nitrogens with zero attached hydrogens (tertiary/aromatic N) is 1. The van der Waals surface area contributed by atoms with Crippen LogP contribution < -0.4 is 0 Å². The molecule has 0 saturated heterocycles. The van der Waals surface area contributed by atoms with Crippen LogP contribution in [0.4, 0.5) is 0 Å². The van der Waals surface area contributed by atoms with Gasteiger partial charge in [0.25, 0.3) is 0 Å². The number of unbranched alkanes of at least 4 members (excludes halogenated alkanes) is 15. The Labute approximate surface area is 171 Å². The highest BCUT2D eigenvalue weighted by molar-refractivity contribution is 4.62. The van der Waals surface area contributed by atoms with Crippen molar-refractivity contribution >= 4 is 0 Å². The fraction of sp³-hybridized carbons (Fsp3) is 1.00. The average Bonchev–Trinajstić information content (AvgIpc) is 2.67. The molecule has 0 aromatic carbocycles. The third kappa shape index (κ3) is 20.4. The highest BCUT2D eigenvalue weighted by Crippen LogP contribution is 2.13. The molecule has 0 saturated carbocycles. The molecule has 0 aromatic heterocycles. The van der Waals surface area contributed by atoms with Crippen LogP contribution in [0.15, 0.2) is 0 Å². The van der Waals surface area contributed by atoms with Gasteiger partial charge in [-0.3, -0.25) is 0 Å². The minimum Gasteiger partial charge on any atom is -0.394 e. The third-order valence-electron chi connectivity index (χ3n) is 5.51. The lowest BCUT2D eigenvalue weighted by atomic mass is 10.0. The van der Waals surface area contributed by atoms with E-state index in [0.717, 1.165) is 13.1 Å². The number of hydrogen-bond donors (Lipinski definition) is 1.